The molecule has 0 heterocycles. The third-order valence-electron chi connectivity index (χ3n) is 2.69. The fraction of sp³-hybridized carbons (Fsp3) is 0.333. The topological polar surface area (TPSA) is 0 Å². The summed E-state index contributed by atoms with van der Waals surface area (Å²) in [6, 6.07) is 2.70. The van der Waals surface area contributed by atoms with Crippen LogP contribution < -0.4 is 0 Å². The maximum Gasteiger partial charge on any atom is 0.481 e. The number of rotatable bonds is 2. The molecule has 0 unspecified atom stereocenters. The molecular weight excluding hydrogens is 214 g/mol. The molecule has 1 aliphatic rings. The average molecular weight is 221 g/mol. The molecule has 0 N–H and O–H groups in total. The van der Waals surface area contributed by atoms with E-state index in [9.17, 15) is 21.7 Å². The Morgan fingerprint density at radius 2 is 1.80 bits per heavy atom. The molecule has 1 saturated carbocycles. The van der Waals surface area contributed by atoms with Gasteiger partial charge in [-0.15, -0.1) is 0 Å². The lowest BCUT2D eigenvalue weighted by Crippen LogP contribution is -2.15. The van der Waals surface area contributed by atoms with Gasteiger partial charge in [0.25, 0.3) is 0 Å². The fourth-order valence-corrected chi connectivity index (χ4v) is 1.79. The van der Waals surface area contributed by atoms with E-state index in [1.54, 1.807) is 0 Å². The van der Waals surface area contributed by atoms with Crippen molar-refractivity contribution in [1.29, 1.82) is 0 Å². The molecule has 1 fully saturated rings. The average Bonchev–Trinajstić information content (AvgIpc) is 2.82. The van der Waals surface area contributed by atoms with Gasteiger partial charge in [-0.3, -0.25) is 0 Å². The molecular formula is C9H7BF5-. The second-order valence-electron chi connectivity index (χ2n) is 3.80. The molecule has 6 heteroatoms. The summed E-state index contributed by atoms with van der Waals surface area (Å²) in [5, 5.41) is 0. The molecule has 0 bridgehead atoms. The first-order valence-electron chi connectivity index (χ1n) is 4.54. The highest BCUT2D eigenvalue weighted by atomic mass is 19.4. The van der Waals surface area contributed by atoms with Crippen LogP contribution in [0.1, 0.15) is 17.9 Å². The van der Waals surface area contributed by atoms with Crippen LogP contribution >= 0.6 is 0 Å². The Balaban J connectivity index is 2.20. The molecule has 1 aliphatic carbocycles. The van der Waals surface area contributed by atoms with Crippen LogP contribution in [0.25, 0.3) is 0 Å². The molecule has 2 rings (SSSR count). The van der Waals surface area contributed by atoms with Crippen LogP contribution in [-0.4, -0.2) is 6.98 Å². The van der Waals surface area contributed by atoms with E-state index < -0.39 is 30.3 Å². The first-order chi connectivity index (χ1) is 6.89. The van der Waals surface area contributed by atoms with Crippen molar-refractivity contribution >= 4 is 6.98 Å². The Hall–Kier alpha value is -1.07. The van der Waals surface area contributed by atoms with E-state index >= 15 is 0 Å². The SMILES string of the molecule is Fc1ccc([C@H]2C[C@@H]2[B-](F)(F)F)c(F)c1. The number of benzene rings is 1. The highest BCUT2D eigenvalue weighted by Crippen LogP contribution is 2.59. The zero-order valence-corrected chi connectivity index (χ0v) is 7.56. The van der Waals surface area contributed by atoms with E-state index in [1.165, 1.54) is 0 Å². The lowest BCUT2D eigenvalue weighted by Gasteiger charge is -2.13. The van der Waals surface area contributed by atoms with Gasteiger partial charge < -0.3 is 12.9 Å². The quantitative estimate of drug-likeness (QED) is 0.527. The van der Waals surface area contributed by atoms with Crippen LogP contribution in [-0.2, 0) is 0 Å². The minimum atomic E-state index is -4.91. The molecule has 0 amide bonds. The van der Waals surface area contributed by atoms with Gasteiger partial charge in [-0.05, 0) is 17.5 Å². The van der Waals surface area contributed by atoms with Crippen molar-refractivity contribution in [2.24, 2.45) is 0 Å². The fourth-order valence-electron chi connectivity index (χ4n) is 1.79. The Morgan fingerprint density at radius 1 is 1.13 bits per heavy atom. The van der Waals surface area contributed by atoms with Gasteiger partial charge in [-0.2, -0.15) is 0 Å². The lowest BCUT2D eigenvalue weighted by molar-refractivity contribution is 0.463. The van der Waals surface area contributed by atoms with Crippen molar-refractivity contribution in [3.63, 3.8) is 0 Å². The maximum absolute atomic E-state index is 13.1. The molecule has 1 aromatic rings. The highest BCUT2D eigenvalue weighted by Gasteiger charge is 2.51. The molecule has 0 saturated heterocycles. The maximum atomic E-state index is 13.1. The van der Waals surface area contributed by atoms with Gasteiger partial charge >= 0.3 is 6.98 Å². The van der Waals surface area contributed by atoms with Crippen LogP contribution in [0.2, 0.25) is 5.82 Å². The molecule has 15 heavy (non-hydrogen) atoms. The van der Waals surface area contributed by atoms with Crippen molar-refractivity contribution < 1.29 is 21.7 Å². The normalized spacial score (nSPS) is 25.4. The van der Waals surface area contributed by atoms with E-state index in [2.05, 4.69) is 0 Å². The predicted octanol–water partition coefficient (Wildman–Crippen LogP) is 3.67. The van der Waals surface area contributed by atoms with Gasteiger partial charge in [0, 0.05) is 6.07 Å². The highest BCUT2D eigenvalue weighted by molar-refractivity contribution is 6.61. The molecule has 2 atom stereocenters. The van der Waals surface area contributed by atoms with Crippen LogP contribution in [0, 0.1) is 11.6 Å². The second-order valence-corrected chi connectivity index (χ2v) is 3.80. The van der Waals surface area contributed by atoms with Crippen molar-refractivity contribution in [3.8, 4) is 0 Å². The number of halogens is 5. The van der Waals surface area contributed by atoms with Crippen molar-refractivity contribution in [3.05, 3.63) is 35.4 Å². The smallest absolute Gasteiger partial charge is 0.449 e. The second kappa shape index (κ2) is 3.22. The zero-order valence-electron chi connectivity index (χ0n) is 7.56. The summed E-state index contributed by atoms with van der Waals surface area (Å²) >= 11 is 0. The van der Waals surface area contributed by atoms with Gasteiger partial charge in [0.1, 0.15) is 11.6 Å². The van der Waals surface area contributed by atoms with Gasteiger partial charge in [0.15, 0.2) is 0 Å². The molecule has 1 aromatic carbocycles. The Morgan fingerprint density at radius 3 is 2.27 bits per heavy atom. The monoisotopic (exact) mass is 221 g/mol. The van der Waals surface area contributed by atoms with Gasteiger partial charge in [0.2, 0.25) is 0 Å². The van der Waals surface area contributed by atoms with E-state index in [1.807, 2.05) is 0 Å². The summed E-state index contributed by atoms with van der Waals surface area (Å²) in [6.45, 7) is -4.91. The number of hydrogen-bond acceptors (Lipinski definition) is 0. The molecule has 0 aromatic heterocycles. The molecule has 0 aliphatic heterocycles. The Labute approximate surface area is 83.2 Å². The van der Waals surface area contributed by atoms with Crippen LogP contribution in [0.4, 0.5) is 21.7 Å². The van der Waals surface area contributed by atoms with Gasteiger partial charge in [-0.25, -0.2) is 8.78 Å². The largest absolute Gasteiger partial charge is 0.481 e. The molecule has 0 nitrogen and oxygen atoms in total. The van der Waals surface area contributed by atoms with Gasteiger partial charge in [0.05, 0.1) is 0 Å². The minimum absolute atomic E-state index is 0.0272. The van der Waals surface area contributed by atoms with E-state index in [4.69, 9.17) is 0 Å². The van der Waals surface area contributed by atoms with Crippen molar-refractivity contribution in [1.82, 2.24) is 0 Å². The van der Waals surface area contributed by atoms with E-state index in [0.717, 1.165) is 12.1 Å². The standard InChI is InChI=1S/C9H7BF5/c11-5-1-2-6(9(12)3-5)7-4-8(7)10(13,14)15/h1-3,7-8H,4H2/q-1/t7-,8+/m1/s1. The third-order valence-corrected chi connectivity index (χ3v) is 2.69. The molecule has 0 radical (unpaired) electrons. The summed E-state index contributed by atoms with van der Waals surface area (Å²) in [7, 11) is 0. The van der Waals surface area contributed by atoms with E-state index in [0.29, 0.717) is 6.07 Å². The molecule has 0 spiro atoms. The molecule has 82 valence electrons. The lowest BCUT2D eigenvalue weighted by atomic mass is 9.81. The van der Waals surface area contributed by atoms with Gasteiger partial charge in [-0.1, -0.05) is 18.3 Å². The Bertz CT molecular complexity index is 387. The predicted molar refractivity (Wildman–Crippen MR) is 46.5 cm³/mol. The first kappa shape index (κ1) is 10.5. The summed E-state index contributed by atoms with van der Waals surface area (Å²) in [5.74, 6) is -3.89. The van der Waals surface area contributed by atoms with Crippen LogP contribution in [0.15, 0.2) is 18.2 Å². The summed E-state index contributed by atoms with van der Waals surface area (Å²) in [5.41, 5.74) is -0.0272. The van der Waals surface area contributed by atoms with Crippen LogP contribution in [0.5, 0.6) is 0 Å². The first-order valence-corrected chi connectivity index (χ1v) is 4.54. The summed E-state index contributed by atoms with van der Waals surface area (Å²) in [4.78, 5) is 0. The van der Waals surface area contributed by atoms with E-state index in [-0.39, 0.29) is 12.0 Å². The summed E-state index contributed by atoms with van der Waals surface area (Å²) < 4.78 is 62.4. The third kappa shape index (κ3) is 1.98. The zero-order chi connectivity index (χ0) is 11.2. The van der Waals surface area contributed by atoms with Crippen molar-refractivity contribution in [2.75, 3.05) is 0 Å². The Kier molecular flexibility index (Phi) is 2.24. The minimum Gasteiger partial charge on any atom is -0.449 e. The number of hydrogen-bond donors (Lipinski definition) is 0. The van der Waals surface area contributed by atoms with Crippen molar-refractivity contribution in [2.45, 2.75) is 18.2 Å². The van der Waals surface area contributed by atoms with Crippen LogP contribution in [0.3, 0.4) is 0 Å². The summed E-state index contributed by atoms with van der Waals surface area (Å²) in [6.07, 6.45) is -0.0773.